The van der Waals surface area contributed by atoms with Crippen molar-refractivity contribution in [3.8, 4) is 0 Å². The van der Waals surface area contributed by atoms with E-state index in [-0.39, 0.29) is 0 Å². The van der Waals surface area contributed by atoms with Gasteiger partial charge in [-0.2, -0.15) is 4.98 Å². The van der Waals surface area contributed by atoms with E-state index in [0.717, 1.165) is 41.7 Å². The summed E-state index contributed by atoms with van der Waals surface area (Å²) in [5, 5.41) is 0. The summed E-state index contributed by atoms with van der Waals surface area (Å²) < 4.78 is 0.892. The molecule has 0 saturated carbocycles. The van der Waals surface area contributed by atoms with Crippen molar-refractivity contribution < 1.29 is 0 Å². The molecule has 7 nitrogen and oxygen atoms in total. The Morgan fingerprint density at radius 1 is 1.17 bits per heavy atom. The fourth-order valence-corrected chi connectivity index (χ4v) is 2.83. The maximum Gasteiger partial charge on any atom is 0.227 e. The maximum atomic E-state index is 4.61. The van der Waals surface area contributed by atoms with Gasteiger partial charge in [0.1, 0.15) is 5.82 Å². The molecule has 0 N–H and O–H groups in total. The number of rotatable bonds is 4. The number of hydrogen-bond acceptors (Lipinski definition) is 7. The van der Waals surface area contributed by atoms with Gasteiger partial charge >= 0.3 is 0 Å². The second-order valence-electron chi connectivity index (χ2n) is 5.81. The molecule has 23 heavy (non-hydrogen) atoms. The summed E-state index contributed by atoms with van der Waals surface area (Å²) in [6, 6.07) is 2.26. The smallest absolute Gasteiger partial charge is 0.227 e. The van der Waals surface area contributed by atoms with Gasteiger partial charge in [-0.15, -0.1) is 0 Å². The Morgan fingerprint density at radius 3 is 2.61 bits per heavy atom. The molecule has 0 aromatic carbocycles. The van der Waals surface area contributed by atoms with Crippen molar-refractivity contribution in [2.45, 2.75) is 12.5 Å². The number of aromatic nitrogens is 4. The van der Waals surface area contributed by atoms with Crippen LogP contribution in [0.5, 0.6) is 0 Å². The highest BCUT2D eigenvalue weighted by Crippen LogP contribution is 2.23. The van der Waals surface area contributed by atoms with Crippen molar-refractivity contribution in [3.63, 3.8) is 0 Å². The highest BCUT2D eigenvalue weighted by molar-refractivity contribution is 9.10. The molecular weight excluding hydrogens is 358 g/mol. The summed E-state index contributed by atoms with van der Waals surface area (Å²) in [6.07, 6.45) is 6.40. The van der Waals surface area contributed by atoms with E-state index in [1.807, 2.05) is 32.1 Å². The first-order valence-electron chi connectivity index (χ1n) is 7.50. The van der Waals surface area contributed by atoms with E-state index in [0.29, 0.717) is 6.04 Å². The van der Waals surface area contributed by atoms with Gasteiger partial charge in [0, 0.05) is 52.8 Å². The quantitative estimate of drug-likeness (QED) is 0.804. The van der Waals surface area contributed by atoms with Crippen molar-refractivity contribution in [2.75, 3.05) is 48.9 Å². The molecule has 8 heteroatoms. The molecule has 1 aliphatic heterocycles. The van der Waals surface area contributed by atoms with Gasteiger partial charge in [-0.25, -0.2) is 15.0 Å². The fourth-order valence-electron chi connectivity index (χ4n) is 2.63. The Morgan fingerprint density at radius 2 is 1.91 bits per heavy atom. The maximum absolute atomic E-state index is 4.61. The van der Waals surface area contributed by atoms with Crippen LogP contribution in [-0.2, 0) is 0 Å². The van der Waals surface area contributed by atoms with Gasteiger partial charge in [0.05, 0.1) is 10.5 Å². The number of likely N-dealkylation sites (N-methyl/N-ethyl adjacent to an activating group) is 1. The number of halogens is 1. The molecule has 1 fully saturated rings. The molecule has 0 amide bonds. The van der Waals surface area contributed by atoms with Crippen LogP contribution in [0.15, 0.2) is 29.1 Å². The summed E-state index contributed by atoms with van der Waals surface area (Å²) >= 11 is 3.37. The summed E-state index contributed by atoms with van der Waals surface area (Å²) in [5.41, 5.74) is 0. The Hall–Kier alpha value is -1.96. The molecule has 3 rings (SSSR count). The summed E-state index contributed by atoms with van der Waals surface area (Å²) in [5.74, 6) is 2.43. The lowest BCUT2D eigenvalue weighted by atomic mass is 10.2. The Kier molecular flexibility index (Phi) is 4.61. The lowest BCUT2D eigenvalue weighted by Gasteiger charge is -2.25. The van der Waals surface area contributed by atoms with Crippen LogP contribution in [0.3, 0.4) is 0 Å². The monoisotopic (exact) mass is 377 g/mol. The normalized spacial score (nSPS) is 17.4. The van der Waals surface area contributed by atoms with Crippen LogP contribution in [0.25, 0.3) is 0 Å². The third kappa shape index (κ3) is 3.52. The summed E-state index contributed by atoms with van der Waals surface area (Å²) in [7, 11) is 6.01. The zero-order valence-corrected chi connectivity index (χ0v) is 15.1. The molecule has 2 aromatic heterocycles. The molecule has 1 aliphatic rings. The molecule has 3 heterocycles. The minimum absolute atomic E-state index is 0.347. The van der Waals surface area contributed by atoms with Crippen LogP contribution >= 0.6 is 15.9 Å². The number of nitrogens with zero attached hydrogens (tertiary/aromatic N) is 7. The van der Waals surface area contributed by atoms with Crippen molar-refractivity contribution in [1.29, 1.82) is 0 Å². The molecule has 0 bridgehead atoms. The molecule has 0 radical (unpaired) electrons. The predicted octanol–water partition coefficient (Wildman–Crippen LogP) is 1.81. The zero-order chi connectivity index (χ0) is 16.4. The van der Waals surface area contributed by atoms with Gasteiger partial charge < -0.3 is 14.7 Å². The standard InChI is InChI=1S/C15H20BrN7/c1-21(2)13-4-6-17-15(20-13)22(3)12-5-7-23(10-12)14-18-8-11(16)9-19-14/h4,6,8-9,12H,5,7,10H2,1-3H3. The summed E-state index contributed by atoms with van der Waals surface area (Å²) in [6.45, 7) is 1.80. The van der Waals surface area contributed by atoms with E-state index in [4.69, 9.17) is 0 Å². The number of hydrogen-bond donors (Lipinski definition) is 0. The van der Waals surface area contributed by atoms with Crippen molar-refractivity contribution in [2.24, 2.45) is 0 Å². The third-order valence-electron chi connectivity index (χ3n) is 4.00. The van der Waals surface area contributed by atoms with Gasteiger partial charge in [0.15, 0.2) is 0 Å². The van der Waals surface area contributed by atoms with E-state index >= 15 is 0 Å². The summed E-state index contributed by atoms with van der Waals surface area (Å²) in [4.78, 5) is 24.1. The predicted molar refractivity (Wildman–Crippen MR) is 95.1 cm³/mol. The molecule has 0 spiro atoms. The van der Waals surface area contributed by atoms with E-state index in [1.54, 1.807) is 18.6 Å². The van der Waals surface area contributed by atoms with Crippen LogP contribution in [-0.4, -0.2) is 60.2 Å². The van der Waals surface area contributed by atoms with Crippen LogP contribution in [0, 0.1) is 0 Å². The number of anilines is 3. The fraction of sp³-hybridized carbons (Fsp3) is 0.467. The van der Waals surface area contributed by atoms with Crippen LogP contribution in [0.2, 0.25) is 0 Å². The second kappa shape index (κ2) is 6.66. The van der Waals surface area contributed by atoms with Gasteiger partial charge in [-0.1, -0.05) is 0 Å². The molecule has 0 aliphatic carbocycles. The first-order valence-corrected chi connectivity index (χ1v) is 8.29. The lowest BCUT2D eigenvalue weighted by Crippen LogP contribution is -2.36. The van der Waals surface area contributed by atoms with E-state index in [1.165, 1.54) is 0 Å². The minimum Gasteiger partial charge on any atom is -0.363 e. The third-order valence-corrected chi connectivity index (χ3v) is 4.41. The molecule has 1 unspecified atom stereocenters. The average molecular weight is 378 g/mol. The van der Waals surface area contributed by atoms with Crippen molar-refractivity contribution in [3.05, 3.63) is 29.1 Å². The Bertz CT molecular complexity index is 661. The Labute approximate surface area is 144 Å². The largest absolute Gasteiger partial charge is 0.363 e. The highest BCUT2D eigenvalue weighted by Gasteiger charge is 2.28. The molecule has 1 atom stereocenters. The van der Waals surface area contributed by atoms with Crippen molar-refractivity contribution >= 4 is 33.6 Å². The van der Waals surface area contributed by atoms with Crippen LogP contribution in [0.1, 0.15) is 6.42 Å². The first kappa shape index (κ1) is 15.9. The first-order chi connectivity index (χ1) is 11.0. The molecule has 1 saturated heterocycles. The van der Waals surface area contributed by atoms with Gasteiger partial charge in [-0.05, 0) is 28.4 Å². The molecule has 2 aromatic rings. The second-order valence-corrected chi connectivity index (χ2v) is 6.73. The minimum atomic E-state index is 0.347. The Balaban J connectivity index is 1.71. The molecule has 122 valence electrons. The van der Waals surface area contributed by atoms with E-state index < -0.39 is 0 Å². The van der Waals surface area contributed by atoms with Crippen LogP contribution in [0.4, 0.5) is 17.7 Å². The van der Waals surface area contributed by atoms with Gasteiger partial charge in [-0.3, -0.25) is 0 Å². The molecular formula is C15H20BrN7. The topological polar surface area (TPSA) is 61.3 Å². The van der Waals surface area contributed by atoms with E-state index in [2.05, 4.69) is 45.7 Å². The zero-order valence-electron chi connectivity index (χ0n) is 13.5. The SMILES string of the molecule is CN(C)c1ccnc(N(C)C2CCN(c3ncc(Br)cn3)C2)n1. The van der Waals surface area contributed by atoms with E-state index in [9.17, 15) is 0 Å². The highest BCUT2D eigenvalue weighted by atomic mass is 79.9. The average Bonchev–Trinajstić information content (AvgIpc) is 3.05. The van der Waals surface area contributed by atoms with Crippen molar-refractivity contribution in [1.82, 2.24) is 19.9 Å². The van der Waals surface area contributed by atoms with Gasteiger partial charge in [0.25, 0.3) is 0 Å². The van der Waals surface area contributed by atoms with Gasteiger partial charge in [0.2, 0.25) is 11.9 Å². The lowest BCUT2D eigenvalue weighted by molar-refractivity contribution is 0.673. The van der Waals surface area contributed by atoms with Crippen LogP contribution < -0.4 is 14.7 Å².